The Kier molecular flexibility index (Phi) is 6.81. The highest BCUT2D eigenvalue weighted by Crippen LogP contribution is 2.29. The first-order valence-corrected chi connectivity index (χ1v) is 12.3. The summed E-state index contributed by atoms with van der Waals surface area (Å²) in [4.78, 5) is 32.6. The van der Waals surface area contributed by atoms with Crippen molar-refractivity contribution in [1.29, 1.82) is 0 Å². The highest BCUT2D eigenvalue weighted by Gasteiger charge is 2.19. The minimum Gasteiger partial charge on any atom is -0.467 e. The third-order valence-corrected chi connectivity index (χ3v) is 7.58. The molecule has 1 N–H and O–H groups in total. The van der Waals surface area contributed by atoms with Crippen molar-refractivity contribution in [1.82, 2.24) is 14.9 Å². The van der Waals surface area contributed by atoms with Crippen molar-refractivity contribution in [3.05, 3.63) is 80.3 Å². The van der Waals surface area contributed by atoms with E-state index >= 15 is 0 Å². The Balaban J connectivity index is 1.63. The number of thioether (sulfide) groups is 1. The maximum absolute atomic E-state index is 13.5. The molecule has 0 atom stereocenters. The quantitative estimate of drug-likeness (QED) is 0.301. The minimum atomic E-state index is -0.140. The van der Waals surface area contributed by atoms with Crippen LogP contribution in [-0.2, 0) is 24.3 Å². The van der Waals surface area contributed by atoms with Crippen molar-refractivity contribution in [2.24, 2.45) is 0 Å². The van der Waals surface area contributed by atoms with Gasteiger partial charge in [-0.1, -0.05) is 48.5 Å². The van der Waals surface area contributed by atoms with Gasteiger partial charge in [0.15, 0.2) is 5.16 Å². The fourth-order valence-corrected chi connectivity index (χ4v) is 5.47. The lowest BCUT2D eigenvalue weighted by atomic mass is 10.1. The van der Waals surface area contributed by atoms with Gasteiger partial charge in [-0.15, -0.1) is 11.3 Å². The smallest absolute Gasteiger partial charge is 0.263 e. The molecule has 4 aromatic rings. The zero-order valence-electron chi connectivity index (χ0n) is 18.3. The molecular weight excluding hydrogens is 442 g/mol. The van der Waals surface area contributed by atoms with E-state index in [1.807, 2.05) is 44.2 Å². The lowest BCUT2D eigenvalue weighted by Crippen LogP contribution is -2.27. The predicted octanol–water partition coefficient (Wildman–Crippen LogP) is 4.69. The molecule has 4 rings (SSSR count). The number of fused-ring (bicyclic) bond motifs is 1. The van der Waals surface area contributed by atoms with E-state index < -0.39 is 0 Å². The van der Waals surface area contributed by atoms with Crippen LogP contribution in [0.1, 0.15) is 34.3 Å². The summed E-state index contributed by atoms with van der Waals surface area (Å²) in [5, 5.41) is 4.08. The number of rotatable bonds is 8. The largest absolute Gasteiger partial charge is 0.467 e. The summed E-state index contributed by atoms with van der Waals surface area (Å²) in [7, 11) is 0. The Hall–Kier alpha value is -2.84. The molecule has 3 heterocycles. The molecule has 0 spiro atoms. The number of amides is 1. The van der Waals surface area contributed by atoms with Gasteiger partial charge < -0.3 is 9.73 Å². The van der Waals surface area contributed by atoms with Crippen molar-refractivity contribution in [3.8, 4) is 0 Å². The number of aryl methyl sites for hydroxylation is 3. The first-order chi connectivity index (χ1) is 15.5. The van der Waals surface area contributed by atoms with Crippen LogP contribution in [0.15, 0.2) is 57.0 Å². The van der Waals surface area contributed by atoms with Crippen LogP contribution >= 0.6 is 23.1 Å². The number of aromatic nitrogens is 2. The number of thiophene rings is 1. The van der Waals surface area contributed by atoms with E-state index in [1.54, 1.807) is 28.2 Å². The molecule has 0 saturated heterocycles. The third kappa shape index (κ3) is 4.81. The van der Waals surface area contributed by atoms with Gasteiger partial charge in [-0.25, -0.2) is 4.98 Å². The maximum Gasteiger partial charge on any atom is 0.263 e. The van der Waals surface area contributed by atoms with E-state index in [2.05, 4.69) is 12.2 Å². The molecule has 1 amide bonds. The van der Waals surface area contributed by atoms with Crippen molar-refractivity contribution in [2.45, 2.75) is 45.4 Å². The van der Waals surface area contributed by atoms with Gasteiger partial charge >= 0.3 is 0 Å². The number of furan rings is 1. The van der Waals surface area contributed by atoms with E-state index in [-0.39, 0.29) is 17.2 Å². The summed E-state index contributed by atoms with van der Waals surface area (Å²) in [6, 6.07) is 11.7. The molecule has 0 fully saturated rings. The molecule has 0 aliphatic carbocycles. The number of carbonyl (C=O) groups is 1. The number of nitrogens with one attached hydrogen (secondary N) is 1. The summed E-state index contributed by atoms with van der Waals surface area (Å²) in [5.41, 5.74) is 3.14. The Morgan fingerprint density at radius 1 is 1.22 bits per heavy atom. The van der Waals surface area contributed by atoms with E-state index in [0.29, 0.717) is 29.4 Å². The van der Waals surface area contributed by atoms with Gasteiger partial charge in [0, 0.05) is 4.88 Å². The highest BCUT2D eigenvalue weighted by molar-refractivity contribution is 7.99. The summed E-state index contributed by atoms with van der Waals surface area (Å²) < 4.78 is 6.94. The monoisotopic (exact) mass is 467 g/mol. The first kappa shape index (κ1) is 22.4. The van der Waals surface area contributed by atoms with Crippen LogP contribution in [0.3, 0.4) is 0 Å². The van der Waals surface area contributed by atoms with Crippen LogP contribution in [0.2, 0.25) is 0 Å². The molecule has 0 unspecified atom stereocenters. The number of hydrogen-bond donors (Lipinski definition) is 1. The minimum absolute atomic E-state index is 0.0532. The van der Waals surface area contributed by atoms with Crippen molar-refractivity contribution >= 4 is 39.2 Å². The standard InChI is InChI=1S/C24H25N3O3S2/c1-4-19-16(3)21-22(32-19)26-24(31-14-20(28)25-12-18-6-5-11-30-18)27(23(21)29)13-17-9-7-15(2)8-10-17/h5-11H,4,12-14H2,1-3H3,(H,25,28). The molecule has 1 aromatic carbocycles. The highest BCUT2D eigenvalue weighted by atomic mass is 32.2. The third-order valence-electron chi connectivity index (χ3n) is 5.27. The average molecular weight is 468 g/mol. The number of hydrogen-bond acceptors (Lipinski definition) is 6. The summed E-state index contributed by atoms with van der Waals surface area (Å²) >= 11 is 2.84. The van der Waals surface area contributed by atoms with Crippen molar-refractivity contribution in [3.63, 3.8) is 0 Å². The number of carbonyl (C=O) groups excluding carboxylic acids is 1. The van der Waals surface area contributed by atoms with Crippen LogP contribution in [0.25, 0.3) is 10.2 Å². The van der Waals surface area contributed by atoms with Gasteiger partial charge in [0.2, 0.25) is 5.91 Å². The predicted molar refractivity (Wildman–Crippen MR) is 130 cm³/mol. The molecule has 6 nitrogen and oxygen atoms in total. The van der Waals surface area contributed by atoms with Crippen LogP contribution in [0, 0.1) is 13.8 Å². The maximum atomic E-state index is 13.5. The van der Waals surface area contributed by atoms with E-state index in [0.717, 1.165) is 22.4 Å². The zero-order chi connectivity index (χ0) is 22.7. The molecule has 8 heteroatoms. The summed E-state index contributed by atoms with van der Waals surface area (Å²) in [5.74, 6) is 0.719. The zero-order valence-corrected chi connectivity index (χ0v) is 19.9. The molecule has 0 aliphatic rings. The van der Waals surface area contributed by atoms with Gasteiger partial charge in [-0.3, -0.25) is 14.2 Å². The van der Waals surface area contributed by atoms with Gasteiger partial charge in [0.1, 0.15) is 10.6 Å². The van der Waals surface area contributed by atoms with Crippen LogP contribution < -0.4 is 10.9 Å². The second-order valence-corrected chi connectivity index (χ2v) is 9.63. The van der Waals surface area contributed by atoms with Crippen LogP contribution in [-0.4, -0.2) is 21.2 Å². The normalized spacial score (nSPS) is 11.2. The van der Waals surface area contributed by atoms with Gasteiger partial charge in [-0.05, 0) is 43.5 Å². The molecule has 0 radical (unpaired) electrons. The van der Waals surface area contributed by atoms with Crippen LogP contribution in [0.4, 0.5) is 0 Å². The molecule has 0 saturated carbocycles. The Bertz CT molecular complexity index is 1290. The topological polar surface area (TPSA) is 77.1 Å². The van der Waals surface area contributed by atoms with Crippen molar-refractivity contribution < 1.29 is 9.21 Å². The fraction of sp³-hybridized carbons (Fsp3) is 0.292. The number of nitrogens with zero attached hydrogens (tertiary/aromatic N) is 2. The summed E-state index contributed by atoms with van der Waals surface area (Å²) in [6.45, 7) is 6.86. The van der Waals surface area contributed by atoms with Gasteiger partial charge in [0.05, 0.1) is 30.5 Å². The lowest BCUT2D eigenvalue weighted by Gasteiger charge is -2.12. The fourth-order valence-electron chi connectivity index (χ4n) is 3.49. The number of benzene rings is 1. The lowest BCUT2D eigenvalue weighted by molar-refractivity contribution is -0.118. The van der Waals surface area contributed by atoms with Gasteiger partial charge in [-0.2, -0.15) is 0 Å². The molecule has 0 bridgehead atoms. The average Bonchev–Trinajstić information content (AvgIpc) is 3.42. The molecule has 0 aliphatic heterocycles. The second kappa shape index (κ2) is 9.75. The van der Waals surface area contributed by atoms with Gasteiger partial charge in [0.25, 0.3) is 5.56 Å². The summed E-state index contributed by atoms with van der Waals surface area (Å²) in [6.07, 6.45) is 2.44. The molecule has 32 heavy (non-hydrogen) atoms. The Morgan fingerprint density at radius 3 is 2.69 bits per heavy atom. The Labute approximate surface area is 194 Å². The Morgan fingerprint density at radius 2 is 2.00 bits per heavy atom. The van der Waals surface area contributed by atoms with E-state index in [1.165, 1.54) is 22.2 Å². The molecule has 166 valence electrons. The van der Waals surface area contributed by atoms with Crippen molar-refractivity contribution in [2.75, 3.05) is 5.75 Å². The second-order valence-electron chi connectivity index (χ2n) is 7.60. The SMILES string of the molecule is CCc1sc2nc(SCC(=O)NCc3ccco3)n(Cc3ccc(C)cc3)c(=O)c2c1C. The van der Waals surface area contributed by atoms with Crippen LogP contribution in [0.5, 0.6) is 0 Å². The van der Waals surface area contributed by atoms with E-state index in [9.17, 15) is 9.59 Å². The molecular formula is C24H25N3O3S2. The first-order valence-electron chi connectivity index (χ1n) is 10.5. The molecule has 3 aromatic heterocycles. The van der Waals surface area contributed by atoms with E-state index in [4.69, 9.17) is 9.40 Å².